The lowest BCUT2D eigenvalue weighted by Gasteiger charge is -2.12. The van der Waals surface area contributed by atoms with Crippen molar-refractivity contribution in [3.63, 3.8) is 0 Å². The molecule has 4 aromatic carbocycles. The third-order valence-electron chi connectivity index (χ3n) is 5.90. The molecule has 0 saturated heterocycles. The van der Waals surface area contributed by atoms with Crippen molar-refractivity contribution in [3.05, 3.63) is 129 Å². The van der Waals surface area contributed by atoms with Gasteiger partial charge < -0.3 is 10.6 Å². The third kappa shape index (κ3) is 7.45. The van der Waals surface area contributed by atoms with E-state index in [4.69, 9.17) is 23.2 Å². The summed E-state index contributed by atoms with van der Waals surface area (Å²) in [6.45, 7) is 3.91. The van der Waals surface area contributed by atoms with Crippen LogP contribution in [-0.4, -0.2) is 11.8 Å². The minimum atomic E-state index is -0.211. The maximum Gasteiger partial charge on any atom is 0.248 e. The number of aryl methyl sites for hydroxylation is 2. The number of carbonyl (C=O) groups is 2. The topological polar surface area (TPSA) is 58.2 Å². The molecule has 0 aliphatic carbocycles. The molecule has 4 aromatic rings. The highest BCUT2D eigenvalue weighted by Gasteiger charge is 2.08. The molecular weight excluding hydrogens is 515 g/mol. The first-order valence-electron chi connectivity index (χ1n) is 12.0. The van der Waals surface area contributed by atoms with Crippen LogP contribution in [0.4, 0.5) is 11.4 Å². The normalized spacial score (nSPS) is 11.2. The molecule has 2 amide bonds. The fourth-order valence-corrected chi connectivity index (χ4v) is 4.06. The van der Waals surface area contributed by atoms with Crippen molar-refractivity contribution < 1.29 is 9.59 Å². The van der Waals surface area contributed by atoms with E-state index in [0.29, 0.717) is 10.0 Å². The Morgan fingerprint density at radius 3 is 1.29 bits per heavy atom. The van der Waals surface area contributed by atoms with Crippen LogP contribution >= 0.6 is 23.2 Å². The van der Waals surface area contributed by atoms with Gasteiger partial charge in [-0.25, -0.2) is 0 Å². The van der Waals surface area contributed by atoms with Crippen LogP contribution in [0.25, 0.3) is 23.3 Å². The average Bonchev–Trinajstić information content (AvgIpc) is 2.90. The number of benzene rings is 4. The number of anilines is 2. The standard InChI is InChI=1S/C32H26Cl2N2O2/c1-21-19-25(9-15-29(21)35-31(37)17-7-23-3-11-27(33)12-4-23)26-10-16-30(22(2)20-26)36-32(38)18-8-24-5-13-28(34)14-6-24/h3-20H,1-2H3,(H,35,37)(H,36,38). The van der Waals surface area contributed by atoms with Gasteiger partial charge in [0.15, 0.2) is 0 Å². The van der Waals surface area contributed by atoms with E-state index in [1.54, 1.807) is 36.4 Å². The molecule has 0 fully saturated rings. The molecule has 0 unspecified atom stereocenters. The summed E-state index contributed by atoms with van der Waals surface area (Å²) in [6.07, 6.45) is 6.48. The first-order valence-corrected chi connectivity index (χ1v) is 12.7. The van der Waals surface area contributed by atoms with E-state index >= 15 is 0 Å². The molecule has 0 aliphatic heterocycles. The fourth-order valence-electron chi connectivity index (χ4n) is 3.81. The first-order chi connectivity index (χ1) is 18.3. The summed E-state index contributed by atoms with van der Waals surface area (Å²) in [6, 6.07) is 26.3. The zero-order valence-electron chi connectivity index (χ0n) is 21.0. The molecule has 0 saturated carbocycles. The lowest BCUT2D eigenvalue weighted by molar-refractivity contribution is -0.112. The molecule has 0 atom stereocenters. The second-order valence-corrected chi connectivity index (χ2v) is 9.68. The van der Waals surface area contributed by atoms with E-state index in [1.165, 1.54) is 12.2 Å². The summed E-state index contributed by atoms with van der Waals surface area (Å²) in [5, 5.41) is 7.16. The Morgan fingerprint density at radius 1 is 0.579 bits per heavy atom. The maximum absolute atomic E-state index is 12.4. The van der Waals surface area contributed by atoms with Crippen LogP contribution in [0.5, 0.6) is 0 Å². The molecule has 0 spiro atoms. The molecule has 0 aromatic heterocycles. The van der Waals surface area contributed by atoms with E-state index in [1.807, 2.05) is 74.5 Å². The number of rotatable bonds is 7. The summed E-state index contributed by atoms with van der Waals surface area (Å²) in [4.78, 5) is 24.8. The van der Waals surface area contributed by atoms with Crippen molar-refractivity contribution in [1.29, 1.82) is 0 Å². The van der Waals surface area contributed by atoms with Crippen LogP contribution in [0, 0.1) is 13.8 Å². The molecule has 2 N–H and O–H groups in total. The highest BCUT2D eigenvalue weighted by atomic mass is 35.5. The molecule has 0 radical (unpaired) electrons. The number of nitrogens with one attached hydrogen (secondary N) is 2. The van der Waals surface area contributed by atoms with Crippen molar-refractivity contribution in [2.75, 3.05) is 10.6 Å². The van der Waals surface area contributed by atoms with Crippen LogP contribution < -0.4 is 10.6 Å². The van der Waals surface area contributed by atoms with Gasteiger partial charge in [-0.05, 0) is 108 Å². The van der Waals surface area contributed by atoms with Gasteiger partial charge in [-0.15, -0.1) is 0 Å². The molecule has 4 rings (SSSR count). The van der Waals surface area contributed by atoms with E-state index in [-0.39, 0.29) is 11.8 Å². The van der Waals surface area contributed by atoms with Gasteiger partial charge in [-0.3, -0.25) is 9.59 Å². The van der Waals surface area contributed by atoms with Gasteiger partial charge in [0.25, 0.3) is 0 Å². The monoisotopic (exact) mass is 540 g/mol. The van der Waals surface area contributed by atoms with E-state index < -0.39 is 0 Å². The third-order valence-corrected chi connectivity index (χ3v) is 6.40. The largest absolute Gasteiger partial charge is 0.322 e. The Bertz CT molecular complexity index is 1410. The van der Waals surface area contributed by atoms with Crippen LogP contribution in [-0.2, 0) is 9.59 Å². The summed E-state index contributed by atoms with van der Waals surface area (Å²) in [7, 11) is 0. The number of carbonyl (C=O) groups excluding carboxylic acids is 2. The second-order valence-electron chi connectivity index (χ2n) is 8.81. The van der Waals surface area contributed by atoms with Gasteiger partial charge in [0.2, 0.25) is 11.8 Å². The minimum absolute atomic E-state index is 0.211. The molecule has 0 bridgehead atoms. The van der Waals surface area contributed by atoms with Gasteiger partial charge >= 0.3 is 0 Å². The fraction of sp³-hybridized carbons (Fsp3) is 0.0625. The first kappa shape index (κ1) is 26.9. The van der Waals surface area contributed by atoms with Crippen molar-refractivity contribution in [2.45, 2.75) is 13.8 Å². The number of halogens is 2. The Labute approximate surface area is 232 Å². The molecule has 0 aliphatic rings. The zero-order valence-corrected chi connectivity index (χ0v) is 22.5. The summed E-state index contributed by atoms with van der Waals surface area (Å²) in [5.41, 5.74) is 7.19. The smallest absolute Gasteiger partial charge is 0.248 e. The van der Waals surface area contributed by atoms with Crippen molar-refractivity contribution in [1.82, 2.24) is 0 Å². The highest BCUT2D eigenvalue weighted by Crippen LogP contribution is 2.28. The van der Waals surface area contributed by atoms with E-state index in [9.17, 15) is 9.59 Å². The Hall–Kier alpha value is -4.12. The van der Waals surface area contributed by atoms with Gasteiger partial charge in [-0.1, -0.05) is 59.6 Å². The van der Waals surface area contributed by atoms with E-state index in [2.05, 4.69) is 10.6 Å². The number of hydrogen-bond acceptors (Lipinski definition) is 2. The highest BCUT2D eigenvalue weighted by molar-refractivity contribution is 6.30. The molecule has 0 heterocycles. The summed E-state index contributed by atoms with van der Waals surface area (Å²) in [5.74, 6) is -0.422. The molecule has 190 valence electrons. The average molecular weight is 541 g/mol. The van der Waals surface area contributed by atoms with Gasteiger partial charge in [0.05, 0.1) is 0 Å². The minimum Gasteiger partial charge on any atom is -0.322 e. The van der Waals surface area contributed by atoms with Gasteiger partial charge in [0.1, 0.15) is 0 Å². The quantitative estimate of drug-likeness (QED) is 0.230. The Balaban J connectivity index is 1.39. The van der Waals surface area contributed by atoms with Crippen LogP contribution in [0.1, 0.15) is 22.3 Å². The lowest BCUT2D eigenvalue weighted by Crippen LogP contribution is -2.09. The van der Waals surface area contributed by atoms with E-state index in [0.717, 1.165) is 44.8 Å². The summed E-state index contributed by atoms with van der Waals surface area (Å²) < 4.78 is 0. The van der Waals surface area contributed by atoms with Crippen LogP contribution in [0.2, 0.25) is 10.0 Å². The van der Waals surface area contributed by atoms with Crippen molar-refractivity contribution in [2.24, 2.45) is 0 Å². The predicted molar refractivity (Wildman–Crippen MR) is 160 cm³/mol. The van der Waals surface area contributed by atoms with Crippen molar-refractivity contribution in [3.8, 4) is 11.1 Å². The second kappa shape index (κ2) is 12.4. The molecule has 6 heteroatoms. The zero-order chi connectivity index (χ0) is 27.1. The number of amides is 2. The molecular formula is C32H26Cl2N2O2. The summed E-state index contributed by atoms with van der Waals surface area (Å²) >= 11 is 11.8. The molecule has 38 heavy (non-hydrogen) atoms. The molecule has 4 nitrogen and oxygen atoms in total. The maximum atomic E-state index is 12.4. The van der Waals surface area contributed by atoms with Crippen LogP contribution in [0.3, 0.4) is 0 Å². The Morgan fingerprint density at radius 2 is 0.947 bits per heavy atom. The van der Waals surface area contributed by atoms with Gasteiger partial charge in [0, 0.05) is 33.6 Å². The number of hydrogen-bond donors (Lipinski definition) is 2. The van der Waals surface area contributed by atoms with Crippen LogP contribution in [0.15, 0.2) is 97.1 Å². The lowest BCUT2D eigenvalue weighted by atomic mass is 10.00. The SMILES string of the molecule is Cc1cc(-c2ccc(NC(=O)C=Cc3ccc(Cl)cc3)c(C)c2)ccc1NC(=O)C=Cc1ccc(Cl)cc1. The predicted octanol–water partition coefficient (Wildman–Crippen LogP) is 8.58. The van der Waals surface area contributed by atoms with Gasteiger partial charge in [-0.2, -0.15) is 0 Å². The Kier molecular flexibility index (Phi) is 8.80. The van der Waals surface area contributed by atoms with Crippen molar-refractivity contribution >= 4 is 58.5 Å².